The SMILES string of the molecule is CNC(=O)/C(=N\OC)c1ccccc1/C=N/OC(C)c1ccc(C2CCc3ccccc32)cc1. The van der Waals surface area contributed by atoms with E-state index in [1.54, 1.807) is 19.3 Å². The Hall–Kier alpha value is -3.93. The molecule has 0 bridgehead atoms. The lowest BCUT2D eigenvalue weighted by Gasteiger charge is -2.15. The number of carbonyl (C=O) groups is 1. The largest absolute Gasteiger partial charge is 0.398 e. The molecule has 1 amide bonds. The third-order valence-electron chi connectivity index (χ3n) is 6.19. The van der Waals surface area contributed by atoms with Crippen LogP contribution in [-0.4, -0.2) is 32.0 Å². The number of aryl methyl sites for hydroxylation is 1. The second-order valence-corrected chi connectivity index (χ2v) is 8.23. The lowest BCUT2D eigenvalue weighted by Crippen LogP contribution is -2.29. The molecule has 1 N–H and O–H groups in total. The zero-order valence-corrected chi connectivity index (χ0v) is 19.7. The highest BCUT2D eigenvalue weighted by atomic mass is 16.6. The molecule has 0 radical (unpaired) electrons. The zero-order chi connectivity index (χ0) is 23.9. The Morgan fingerprint density at radius 2 is 1.79 bits per heavy atom. The summed E-state index contributed by atoms with van der Waals surface area (Å²) in [5.41, 5.74) is 6.75. The van der Waals surface area contributed by atoms with Gasteiger partial charge in [0.1, 0.15) is 13.2 Å². The standard InChI is InChI=1S/C28H29N3O3/c1-19(20-12-14-22(15-13-20)25-17-16-21-8-4-6-10-24(21)25)34-30-18-23-9-5-7-11-26(23)27(31-33-3)28(32)29-2/h4-15,18-19,25H,16-17H2,1-3H3,(H,29,32)/b30-18+,31-27-. The van der Waals surface area contributed by atoms with Gasteiger partial charge < -0.3 is 15.0 Å². The van der Waals surface area contributed by atoms with Crippen molar-refractivity contribution in [1.82, 2.24) is 5.32 Å². The molecule has 174 valence electrons. The van der Waals surface area contributed by atoms with Crippen LogP contribution in [0.25, 0.3) is 0 Å². The number of hydrogen-bond donors (Lipinski definition) is 1. The number of nitrogens with zero attached hydrogens (tertiary/aromatic N) is 2. The number of hydrogen-bond acceptors (Lipinski definition) is 5. The van der Waals surface area contributed by atoms with Crippen molar-refractivity contribution in [3.05, 3.63) is 106 Å². The molecule has 1 aliphatic rings. The van der Waals surface area contributed by atoms with Crippen LogP contribution in [0.5, 0.6) is 0 Å². The number of rotatable bonds is 8. The maximum Gasteiger partial charge on any atom is 0.273 e. The molecule has 3 aromatic rings. The van der Waals surface area contributed by atoms with E-state index in [2.05, 4.69) is 64.2 Å². The fourth-order valence-corrected chi connectivity index (χ4v) is 4.39. The molecule has 34 heavy (non-hydrogen) atoms. The predicted octanol–water partition coefficient (Wildman–Crippen LogP) is 4.97. The van der Waals surface area contributed by atoms with E-state index in [1.165, 1.54) is 23.8 Å². The van der Waals surface area contributed by atoms with Gasteiger partial charge in [0.05, 0.1) is 6.21 Å². The normalized spacial score (nSPS) is 16.2. The fourth-order valence-electron chi connectivity index (χ4n) is 4.39. The molecule has 0 heterocycles. The van der Waals surface area contributed by atoms with Gasteiger partial charge in [0, 0.05) is 24.1 Å². The van der Waals surface area contributed by atoms with Gasteiger partial charge in [0.2, 0.25) is 0 Å². The van der Waals surface area contributed by atoms with E-state index in [-0.39, 0.29) is 17.7 Å². The van der Waals surface area contributed by atoms with Crippen molar-refractivity contribution in [3.63, 3.8) is 0 Å². The highest BCUT2D eigenvalue weighted by molar-refractivity contribution is 6.46. The molecule has 1 aliphatic carbocycles. The molecule has 0 fully saturated rings. The summed E-state index contributed by atoms with van der Waals surface area (Å²) in [5.74, 6) is 0.112. The number of nitrogens with one attached hydrogen (secondary N) is 1. The molecule has 0 aromatic heterocycles. The van der Waals surface area contributed by atoms with Gasteiger partial charge in [-0.3, -0.25) is 4.79 Å². The number of benzene rings is 3. The first kappa shape index (κ1) is 23.2. The summed E-state index contributed by atoms with van der Waals surface area (Å²) >= 11 is 0. The Morgan fingerprint density at radius 3 is 2.56 bits per heavy atom. The Labute approximate surface area is 200 Å². The van der Waals surface area contributed by atoms with Gasteiger partial charge in [-0.05, 0) is 42.0 Å². The van der Waals surface area contributed by atoms with Crippen LogP contribution < -0.4 is 5.32 Å². The predicted molar refractivity (Wildman–Crippen MR) is 134 cm³/mol. The van der Waals surface area contributed by atoms with Crippen molar-refractivity contribution in [2.75, 3.05) is 14.2 Å². The summed E-state index contributed by atoms with van der Waals surface area (Å²) in [7, 11) is 2.95. The van der Waals surface area contributed by atoms with Crippen LogP contribution in [0.3, 0.4) is 0 Å². The maximum atomic E-state index is 12.2. The minimum atomic E-state index is -0.345. The van der Waals surface area contributed by atoms with Gasteiger partial charge in [0.25, 0.3) is 5.91 Å². The second-order valence-electron chi connectivity index (χ2n) is 8.23. The third-order valence-corrected chi connectivity index (χ3v) is 6.19. The summed E-state index contributed by atoms with van der Waals surface area (Å²) in [5, 5.41) is 10.6. The third kappa shape index (κ3) is 5.01. The number of carbonyl (C=O) groups excluding carboxylic acids is 1. The van der Waals surface area contributed by atoms with Gasteiger partial charge in [-0.15, -0.1) is 0 Å². The van der Waals surface area contributed by atoms with E-state index >= 15 is 0 Å². The Morgan fingerprint density at radius 1 is 1.06 bits per heavy atom. The van der Waals surface area contributed by atoms with Gasteiger partial charge in [-0.1, -0.05) is 83.1 Å². The monoisotopic (exact) mass is 455 g/mol. The lowest BCUT2D eigenvalue weighted by atomic mass is 9.92. The molecule has 6 nitrogen and oxygen atoms in total. The highest BCUT2D eigenvalue weighted by Crippen LogP contribution is 2.38. The van der Waals surface area contributed by atoms with Crippen LogP contribution in [0.15, 0.2) is 83.1 Å². The first-order valence-corrected chi connectivity index (χ1v) is 11.4. The summed E-state index contributed by atoms with van der Waals surface area (Å²) in [4.78, 5) is 22.8. The molecule has 2 atom stereocenters. The van der Waals surface area contributed by atoms with Crippen molar-refractivity contribution in [2.45, 2.75) is 31.8 Å². The molecule has 0 spiro atoms. The maximum absolute atomic E-state index is 12.2. The van der Waals surface area contributed by atoms with Gasteiger partial charge in [-0.2, -0.15) is 0 Å². The minimum absolute atomic E-state index is 0.171. The number of likely N-dealkylation sites (N-methyl/N-ethyl adjacent to an activating group) is 1. The average Bonchev–Trinajstić information content (AvgIpc) is 3.31. The second kappa shape index (κ2) is 10.8. The van der Waals surface area contributed by atoms with Crippen molar-refractivity contribution in [2.24, 2.45) is 10.3 Å². The van der Waals surface area contributed by atoms with Crippen LogP contribution in [0.2, 0.25) is 0 Å². The summed E-state index contributed by atoms with van der Waals surface area (Å²) < 4.78 is 0. The molecule has 2 unspecified atom stereocenters. The van der Waals surface area contributed by atoms with Crippen molar-refractivity contribution < 1.29 is 14.5 Å². The smallest absolute Gasteiger partial charge is 0.273 e. The number of oxime groups is 2. The molecule has 0 saturated carbocycles. The quantitative estimate of drug-likeness (QED) is 0.385. The molecular weight excluding hydrogens is 426 g/mol. The molecule has 6 heteroatoms. The highest BCUT2D eigenvalue weighted by Gasteiger charge is 2.23. The molecular formula is C28H29N3O3. The Balaban J connectivity index is 1.45. The van der Waals surface area contributed by atoms with E-state index < -0.39 is 0 Å². The summed E-state index contributed by atoms with van der Waals surface area (Å²) in [6.45, 7) is 1.96. The van der Waals surface area contributed by atoms with Crippen molar-refractivity contribution >= 4 is 17.8 Å². The van der Waals surface area contributed by atoms with Gasteiger partial charge in [0.15, 0.2) is 5.71 Å². The first-order chi connectivity index (χ1) is 16.6. The van der Waals surface area contributed by atoms with Crippen LogP contribution in [0.1, 0.15) is 58.7 Å². The van der Waals surface area contributed by atoms with Crippen molar-refractivity contribution in [3.8, 4) is 0 Å². The van der Waals surface area contributed by atoms with E-state index in [9.17, 15) is 4.79 Å². The fraction of sp³-hybridized carbons (Fsp3) is 0.250. The van der Waals surface area contributed by atoms with E-state index in [4.69, 9.17) is 9.68 Å². The minimum Gasteiger partial charge on any atom is -0.398 e. The first-order valence-electron chi connectivity index (χ1n) is 11.4. The van der Waals surface area contributed by atoms with E-state index in [0.717, 1.165) is 18.4 Å². The number of amides is 1. The topological polar surface area (TPSA) is 72.3 Å². The van der Waals surface area contributed by atoms with Gasteiger partial charge in [-0.25, -0.2) is 0 Å². The van der Waals surface area contributed by atoms with Crippen molar-refractivity contribution in [1.29, 1.82) is 0 Å². The molecule has 0 saturated heterocycles. The zero-order valence-electron chi connectivity index (χ0n) is 19.7. The van der Waals surface area contributed by atoms with E-state index in [0.29, 0.717) is 17.0 Å². The molecule has 3 aromatic carbocycles. The Bertz CT molecular complexity index is 1200. The average molecular weight is 456 g/mol. The van der Waals surface area contributed by atoms with Crippen LogP contribution >= 0.6 is 0 Å². The Kier molecular flexibility index (Phi) is 7.38. The van der Waals surface area contributed by atoms with Crippen LogP contribution in [-0.2, 0) is 20.9 Å². The van der Waals surface area contributed by atoms with Gasteiger partial charge >= 0.3 is 0 Å². The van der Waals surface area contributed by atoms with Crippen LogP contribution in [0.4, 0.5) is 0 Å². The molecule has 4 rings (SSSR count). The lowest BCUT2D eigenvalue weighted by molar-refractivity contribution is -0.114. The summed E-state index contributed by atoms with van der Waals surface area (Å²) in [6.07, 6.45) is 3.65. The van der Waals surface area contributed by atoms with E-state index in [1.807, 2.05) is 25.1 Å². The molecule has 0 aliphatic heterocycles. The summed E-state index contributed by atoms with van der Waals surface area (Å²) in [6, 6.07) is 24.6. The van der Waals surface area contributed by atoms with Crippen LogP contribution in [0, 0.1) is 0 Å². The number of fused-ring (bicyclic) bond motifs is 1.